The smallest absolute Gasteiger partial charge is 0.149 e. The van der Waals surface area contributed by atoms with Gasteiger partial charge in [-0.3, -0.25) is 0 Å². The molecule has 0 aromatic carbocycles. The molecule has 0 amide bonds. The SMILES string of the molecule is CCCCCCCCCCCCCCOCOCOCCCCCCCCCCCCCC. The summed E-state index contributed by atoms with van der Waals surface area (Å²) < 4.78 is 16.5. The predicted molar refractivity (Wildman–Crippen MR) is 145 cm³/mol. The Labute approximate surface area is 209 Å². The van der Waals surface area contributed by atoms with Crippen molar-refractivity contribution in [3.8, 4) is 0 Å². The van der Waals surface area contributed by atoms with Gasteiger partial charge in [-0.05, 0) is 12.8 Å². The van der Waals surface area contributed by atoms with Gasteiger partial charge in [-0.2, -0.15) is 0 Å². The van der Waals surface area contributed by atoms with Crippen LogP contribution in [-0.2, 0) is 14.2 Å². The average molecular weight is 471 g/mol. The highest BCUT2D eigenvalue weighted by molar-refractivity contribution is 4.49. The number of hydrogen-bond acceptors (Lipinski definition) is 3. The van der Waals surface area contributed by atoms with E-state index in [4.69, 9.17) is 14.2 Å². The zero-order valence-electron chi connectivity index (χ0n) is 23.0. The fraction of sp³-hybridized carbons (Fsp3) is 1.00. The Hall–Kier alpha value is -0.120. The molecule has 3 nitrogen and oxygen atoms in total. The summed E-state index contributed by atoms with van der Waals surface area (Å²) in [5.74, 6) is 0. The lowest BCUT2D eigenvalue weighted by Gasteiger charge is -2.07. The maximum Gasteiger partial charge on any atom is 0.149 e. The molecule has 3 heteroatoms. The minimum Gasteiger partial charge on any atom is -0.355 e. The molecule has 0 aliphatic carbocycles. The van der Waals surface area contributed by atoms with Crippen LogP contribution in [0.15, 0.2) is 0 Å². The Balaban J connectivity index is 2.99. The fourth-order valence-corrected chi connectivity index (χ4v) is 4.36. The van der Waals surface area contributed by atoms with Crippen LogP contribution in [0.1, 0.15) is 168 Å². The monoisotopic (exact) mass is 470 g/mol. The first kappa shape index (κ1) is 32.9. The van der Waals surface area contributed by atoms with Gasteiger partial charge in [0.25, 0.3) is 0 Å². The topological polar surface area (TPSA) is 27.7 Å². The minimum atomic E-state index is 0.372. The molecule has 0 rings (SSSR count). The number of hydrogen-bond donors (Lipinski definition) is 0. The van der Waals surface area contributed by atoms with Crippen molar-refractivity contribution in [2.24, 2.45) is 0 Å². The van der Waals surface area contributed by atoms with Gasteiger partial charge < -0.3 is 14.2 Å². The molecule has 0 spiro atoms. The van der Waals surface area contributed by atoms with Crippen LogP contribution in [-0.4, -0.2) is 26.8 Å². The summed E-state index contributed by atoms with van der Waals surface area (Å²) in [7, 11) is 0. The van der Waals surface area contributed by atoms with Gasteiger partial charge in [-0.15, -0.1) is 0 Å². The summed E-state index contributed by atoms with van der Waals surface area (Å²) in [5.41, 5.74) is 0. The molecule has 0 aromatic heterocycles. The third-order valence-corrected chi connectivity index (χ3v) is 6.62. The third-order valence-electron chi connectivity index (χ3n) is 6.62. The molecule has 0 fully saturated rings. The van der Waals surface area contributed by atoms with Crippen LogP contribution < -0.4 is 0 Å². The van der Waals surface area contributed by atoms with E-state index in [-0.39, 0.29) is 0 Å². The maximum absolute atomic E-state index is 5.54. The molecule has 0 saturated heterocycles. The van der Waals surface area contributed by atoms with E-state index in [1.54, 1.807) is 0 Å². The van der Waals surface area contributed by atoms with E-state index in [9.17, 15) is 0 Å². The average Bonchev–Trinajstić information content (AvgIpc) is 2.83. The molecule has 200 valence electrons. The van der Waals surface area contributed by atoms with E-state index in [0.29, 0.717) is 13.6 Å². The molecule has 0 bridgehead atoms. The van der Waals surface area contributed by atoms with Gasteiger partial charge in [0.05, 0.1) is 0 Å². The van der Waals surface area contributed by atoms with E-state index >= 15 is 0 Å². The molecule has 0 heterocycles. The van der Waals surface area contributed by atoms with Crippen LogP contribution in [0, 0.1) is 0 Å². The molecular weight excluding hydrogens is 408 g/mol. The number of ether oxygens (including phenoxy) is 3. The van der Waals surface area contributed by atoms with E-state index < -0.39 is 0 Å². The zero-order chi connectivity index (χ0) is 23.9. The molecule has 0 atom stereocenters. The van der Waals surface area contributed by atoms with Crippen LogP contribution in [0.25, 0.3) is 0 Å². The fourth-order valence-electron chi connectivity index (χ4n) is 4.36. The van der Waals surface area contributed by atoms with Crippen molar-refractivity contribution in [3.05, 3.63) is 0 Å². The van der Waals surface area contributed by atoms with Gasteiger partial charge in [-0.25, -0.2) is 0 Å². The van der Waals surface area contributed by atoms with Crippen LogP contribution in [0.2, 0.25) is 0 Å². The maximum atomic E-state index is 5.54. The largest absolute Gasteiger partial charge is 0.355 e. The van der Waals surface area contributed by atoms with Crippen molar-refractivity contribution in [2.45, 2.75) is 168 Å². The van der Waals surface area contributed by atoms with Gasteiger partial charge in [0.15, 0.2) is 0 Å². The van der Waals surface area contributed by atoms with E-state index in [0.717, 1.165) is 26.1 Å². The Morgan fingerprint density at radius 2 is 0.515 bits per heavy atom. The Morgan fingerprint density at radius 3 is 0.788 bits per heavy atom. The van der Waals surface area contributed by atoms with Gasteiger partial charge in [0.2, 0.25) is 0 Å². The Morgan fingerprint density at radius 1 is 0.273 bits per heavy atom. The second kappa shape index (κ2) is 31.9. The van der Waals surface area contributed by atoms with Crippen molar-refractivity contribution in [1.82, 2.24) is 0 Å². The van der Waals surface area contributed by atoms with Gasteiger partial charge >= 0.3 is 0 Å². The van der Waals surface area contributed by atoms with E-state index in [2.05, 4.69) is 13.8 Å². The number of rotatable bonds is 30. The van der Waals surface area contributed by atoms with Crippen molar-refractivity contribution in [2.75, 3.05) is 26.8 Å². The molecule has 0 N–H and O–H groups in total. The van der Waals surface area contributed by atoms with Crippen LogP contribution in [0.5, 0.6) is 0 Å². The molecule has 0 radical (unpaired) electrons. The van der Waals surface area contributed by atoms with Crippen LogP contribution >= 0.6 is 0 Å². The van der Waals surface area contributed by atoms with Gasteiger partial charge in [0, 0.05) is 13.2 Å². The van der Waals surface area contributed by atoms with Crippen LogP contribution in [0.4, 0.5) is 0 Å². The second-order valence-corrected chi connectivity index (χ2v) is 10.0. The van der Waals surface area contributed by atoms with Crippen molar-refractivity contribution >= 4 is 0 Å². The van der Waals surface area contributed by atoms with Crippen molar-refractivity contribution in [1.29, 1.82) is 0 Å². The minimum absolute atomic E-state index is 0.372. The van der Waals surface area contributed by atoms with E-state index in [1.165, 1.54) is 141 Å². The number of unbranched alkanes of at least 4 members (excludes halogenated alkanes) is 22. The summed E-state index contributed by atoms with van der Waals surface area (Å²) in [4.78, 5) is 0. The highest BCUT2D eigenvalue weighted by Gasteiger charge is 1.96. The summed E-state index contributed by atoms with van der Waals surface area (Å²) in [6.45, 7) is 6.95. The standard InChI is InChI=1S/C30H62O3/c1-3-5-7-9-11-13-15-17-19-21-23-25-27-31-29-33-30-32-28-26-24-22-20-18-16-14-12-10-8-6-4-2/h3-30H2,1-2H3. The summed E-state index contributed by atoms with van der Waals surface area (Å²) in [5, 5.41) is 0. The molecule has 0 aromatic rings. The van der Waals surface area contributed by atoms with Crippen LogP contribution in [0.3, 0.4) is 0 Å². The first-order valence-electron chi connectivity index (χ1n) is 15.1. The predicted octanol–water partition coefficient (Wildman–Crippen LogP) is 10.4. The lowest BCUT2D eigenvalue weighted by atomic mass is 10.1. The summed E-state index contributed by atoms with van der Waals surface area (Å²) in [6.07, 6.45) is 33.1. The summed E-state index contributed by atoms with van der Waals surface area (Å²) >= 11 is 0. The zero-order valence-corrected chi connectivity index (χ0v) is 23.0. The van der Waals surface area contributed by atoms with Gasteiger partial charge in [0.1, 0.15) is 13.6 Å². The van der Waals surface area contributed by atoms with E-state index in [1.807, 2.05) is 0 Å². The lowest BCUT2D eigenvalue weighted by Crippen LogP contribution is -2.06. The first-order chi connectivity index (χ1) is 16.4. The third kappa shape index (κ3) is 31.9. The molecule has 0 aliphatic heterocycles. The Kier molecular flexibility index (Phi) is 31.8. The normalized spacial score (nSPS) is 11.5. The quantitative estimate of drug-likeness (QED) is 0.0771. The first-order valence-corrected chi connectivity index (χ1v) is 15.1. The Bertz CT molecular complexity index is 292. The lowest BCUT2D eigenvalue weighted by molar-refractivity contribution is -0.131. The molecular formula is C30H62O3. The van der Waals surface area contributed by atoms with Gasteiger partial charge in [-0.1, -0.05) is 155 Å². The molecule has 33 heavy (non-hydrogen) atoms. The molecule has 0 saturated carbocycles. The molecule has 0 unspecified atom stereocenters. The molecule has 0 aliphatic rings. The second-order valence-electron chi connectivity index (χ2n) is 10.0. The van der Waals surface area contributed by atoms with Crippen molar-refractivity contribution in [3.63, 3.8) is 0 Å². The highest BCUT2D eigenvalue weighted by atomic mass is 16.7. The summed E-state index contributed by atoms with van der Waals surface area (Å²) in [6, 6.07) is 0. The van der Waals surface area contributed by atoms with Crippen molar-refractivity contribution < 1.29 is 14.2 Å². The highest BCUT2D eigenvalue weighted by Crippen LogP contribution is 2.13.